The van der Waals surface area contributed by atoms with Gasteiger partial charge in [-0.1, -0.05) is 29.8 Å². The van der Waals surface area contributed by atoms with E-state index >= 15 is 0 Å². The quantitative estimate of drug-likeness (QED) is 0.935. The normalized spacial score (nSPS) is 14.6. The standard InChI is InChI=1S/C17H17ClFNO/c18-14-8-11-5-6-21-17(11)12(9-14)7-13(10-20)15-3-1-2-4-16(15)19/h1-4,8-9,13H,5-7,10,20H2. The molecule has 2 nitrogen and oxygen atoms in total. The van der Waals surface area contributed by atoms with Crippen LogP contribution in [0.4, 0.5) is 4.39 Å². The summed E-state index contributed by atoms with van der Waals surface area (Å²) < 4.78 is 19.7. The highest BCUT2D eigenvalue weighted by molar-refractivity contribution is 6.30. The van der Waals surface area contributed by atoms with Gasteiger partial charge in [0, 0.05) is 17.4 Å². The molecule has 1 heterocycles. The lowest BCUT2D eigenvalue weighted by Gasteiger charge is -2.18. The summed E-state index contributed by atoms with van der Waals surface area (Å²) in [6.45, 7) is 1.05. The maximum Gasteiger partial charge on any atom is 0.126 e. The first-order valence-electron chi connectivity index (χ1n) is 7.07. The van der Waals surface area contributed by atoms with Gasteiger partial charge in [-0.15, -0.1) is 0 Å². The molecule has 21 heavy (non-hydrogen) atoms. The van der Waals surface area contributed by atoms with Crippen molar-refractivity contribution in [1.29, 1.82) is 0 Å². The summed E-state index contributed by atoms with van der Waals surface area (Å²) in [6.07, 6.45) is 1.50. The molecule has 0 spiro atoms. The van der Waals surface area contributed by atoms with Gasteiger partial charge < -0.3 is 10.5 Å². The smallest absolute Gasteiger partial charge is 0.126 e. The van der Waals surface area contributed by atoms with Crippen LogP contribution in [0.3, 0.4) is 0 Å². The minimum atomic E-state index is -0.215. The molecule has 2 aromatic rings. The fourth-order valence-electron chi connectivity index (χ4n) is 2.89. The predicted octanol–water partition coefficient (Wildman–Crippen LogP) is 3.70. The van der Waals surface area contributed by atoms with Gasteiger partial charge in [0.2, 0.25) is 0 Å². The molecule has 0 radical (unpaired) electrons. The SMILES string of the molecule is NCC(Cc1cc(Cl)cc2c1OCC2)c1ccccc1F. The van der Waals surface area contributed by atoms with Crippen molar-refractivity contribution in [3.8, 4) is 5.75 Å². The minimum absolute atomic E-state index is 0.0852. The molecule has 0 aliphatic carbocycles. The average molecular weight is 306 g/mol. The number of hydrogen-bond donors (Lipinski definition) is 1. The molecule has 110 valence electrons. The molecule has 3 rings (SSSR count). The van der Waals surface area contributed by atoms with E-state index in [0.717, 1.165) is 23.3 Å². The van der Waals surface area contributed by atoms with Crippen molar-refractivity contribution < 1.29 is 9.13 Å². The summed E-state index contributed by atoms with van der Waals surface area (Å²) >= 11 is 6.17. The van der Waals surface area contributed by atoms with Crippen molar-refractivity contribution >= 4 is 11.6 Å². The lowest BCUT2D eigenvalue weighted by atomic mass is 9.90. The molecule has 1 aliphatic heterocycles. The fourth-order valence-corrected chi connectivity index (χ4v) is 3.15. The Morgan fingerprint density at radius 2 is 2.10 bits per heavy atom. The third kappa shape index (κ3) is 2.89. The summed E-state index contributed by atoms with van der Waals surface area (Å²) in [7, 11) is 0. The second kappa shape index (κ2) is 6.04. The van der Waals surface area contributed by atoms with E-state index in [0.29, 0.717) is 30.2 Å². The van der Waals surface area contributed by atoms with Crippen molar-refractivity contribution in [2.45, 2.75) is 18.8 Å². The zero-order chi connectivity index (χ0) is 14.8. The molecule has 0 fully saturated rings. The van der Waals surface area contributed by atoms with Crippen LogP contribution in [-0.2, 0) is 12.8 Å². The topological polar surface area (TPSA) is 35.2 Å². The molecular formula is C17H17ClFNO. The first kappa shape index (κ1) is 14.4. The van der Waals surface area contributed by atoms with E-state index in [9.17, 15) is 4.39 Å². The van der Waals surface area contributed by atoms with Crippen molar-refractivity contribution in [3.05, 3.63) is 63.9 Å². The van der Waals surface area contributed by atoms with E-state index in [2.05, 4.69) is 0 Å². The number of fused-ring (bicyclic) bond motifs is 1. The molecule has 1 aliphatic rings. The van der Waals surface area contributed by atoms with Gasteiger partial charge in [-0.2, -0.15) is 0 Å². The van der Waals surface area contributed by atoms with E-state index in [1.54, 1.807) is 12.1 Å². The average Bonchev–Trinajstić information content (AvgIpc) is 2.93. The van der Waals surface area contributed by atoms with Crippen LogP contribution >= 0.6 is 11.6 Å². The Morgan fingerprint density at radius 3 is 2.86 bits per heavy atom. The zero-order valence-electron chi connectivity index (χ0n) is 11.6. The summed E-state index contributed by atoms with van der Waals surface area (Å²) in [5, 5.41) is 0.693. The van der Waals surface area contributed by atoms with Gasteiger partial charge >= 0.3 is 0 Å². The number of ether oxygens (including phenoxy) is 1. The van der Waals surface area contributed by atoms with E-state index in [-0.39, 0.29) is 11.7 Å². The molecule has 1 unspecified atom stereocenters. The highest BCUT2D eigenvalue weighted by atomic mass is 35.5. The third-order valence-corrected chi connectivity index (χ3v) is 4.14. The Balaban J connectivity index is 1.94. The summed E-state index contributed by atoms with van der Waals surface area (Å²) in [4.78, 5) is 0. The number of benzene rings is 2. The van der Waals surface area contributed by atoms with Gasteiger partial charge in [0.1, 0.15) is 11.6 Å². The Kier molecular flexibility index (Phi) is 4.13. The number of rotatable bonds is 4. The van der Waals surface area contributed by atoms with Gasteiger partial charge in [0.25, 0.3) is 0 Å². The van der Waals surface area contributed by atoms with Crippen molar-refractivity contribution in [3.63, 3.8) is 0 Å². The molecule has 0 saturated heterocycles. The molecule has 0 aromatic heterocycles. The summed E-state index contributed by atoms with van der Waals surface area (Å²) in [5.74, 6) is 0.597. The predicted molar refractivity (Wildman–Crippen MR) is 82.6 cm³/mol. The largest absolute Gasteiger partial charge is 0.493 e. The third-order valence-electron chi connectivity index (χ3n) is 3.92. The van der Waals surface area contributed by atoms with Crippen LogP contribution in [0, 0.1) is 5.82 Å². The molecule has 0 amide bonds. The summed E-state index contributed by atoms with van der Waals surface area (Å²) in [6, 6.07) is 10.6. The van der Waals surface area contributed by atoms with E-state index in [1.807, 2.05) is 18.2 Å². The molecule has 4 heteroatoms. The van der Waals surface area contributed by atoms with Crippen LogP contribution < -0.4 is 10.5 Å². The first-order valence-corrected chi connectivity index (χ1v) is 7.45. The van der Waals surface area contributed by atoms with Crippen LogP contribution in [0.2, 0.25) is 5.02 Å². The van der Waals surface area contributed by atoms with Crippen LogP contribution in [0.25, 0.3) is 0 Å². The number of halogens is 2. The van der Waals surface area contributed by atoms with Crippen molar-refractivity contribution in [1.82, 2.24) is 0 Å². The number of hydrogen-bond acceptors (Lipinski definition) is 2. The van der Waals surface area contributed by atoms with Gasteiger partial charge in [0.05, 0.1) is 6.61 Å². The van der Waals surface area contributed by atoms with E-state index < -0.39 is 0 Å². The van der Waals surface area contributed by atoms with E-state index in [4.69, 9.17) is 22.1 Å². The second-order valence-electron chi connectivity index (χ2n) is 5.31. The van der Waals surface area contributed by atoms with Gasteiger partial charge in [-0.05, 0) is 47.9 Å². The molecule has 0 saturated carbocycles. The summed E-state index contributed by atoms with van der Waals surface area (Å²) in [5.41, 5.74) is 8.64. The lowest BCUT2D eigenvalue weighted by molar-refractivity contribution is 0.352. The first-order chi connectivity index (χ1) is 10.2. The van der Waals surface area contributed by atoms with Crippen LogP contribution in [0.5, 0.6) is 5.75 Å². The van der Waals surface area contributed by atoms with Crippen molar-refractivity contribution in [2.75, 3.05) is 13.2 Å². The fraction of sp³-hybridized carbons (Fsp3) is 0.294. The highest BCUT2D eigenvalue weighted by Gasteiger charge is 2.21. The second-order valence-corrected chi connectivity index (χ2v) is 5.75. The van der Waals surface area contributed by atoms with Gasteiger partial charge in [-0.25, -0.2) is 4.39 Å². The lowest BCUT2D eigenvalue weighted by Crippen LogP contribution is -2.16. The minimum Gasteiger partial charge on any atom is -0.493 e. The molecule has 2 aromatic carbocycles. The highest BCUT2D eigenvalue weighted by Crippen LogP contribution is 2.36. The Bertz CT molecular complexity index is 659. The molecule has 2 N–H and O–H groups in total. The maximum absolute atomic E-state index is 14.0. The molecule has 1 atom stereocenters. The maximum atomic E-state index is 14.0. The Hall–Kier alpha value is -1.58. The van der Waals surface area contributed by atoms with Crippen LogP contribution in [0.15, 0.2) is 36.4 Å². The molecular weight excluding hydrogens is 289 g/mol. The van der Waals surface area contributed by atoms with Crippen LogP contribution in [0.1, 0.15) is 22.6 Å². The van der Waals surface area contributed by atoms with Crippen LogP contribution in [-0.4, -0.2) is 13.2 Å². The van der Waals surface area contributed by atoms with E-state index in [1.165, 1.54) is 6.07 Å². The Morgan fingerprint density at radius 1 is 1.29 bits per heavy atom. The van der Waals surface area contributed by atoms with Gasteiger partial charge in [-0.3, -0.25) is 0 Å². The monoisotopic (exact) mass is 305 g/mol. The zero-order valence-corrected chi connectivity index (χ0v) is 12.4. The molecule has 0 bridgehead atoms. The number of nitrogens with two attached hydrogens (primary N) is 1. The van der Waals surface area contributed by atoms with Gasteiger partial charge in [0.15, 0.2) is 0 Å². The Labute approximate surface area is 128 Å². The van der Waals surface area contributed by atoms with Crippen molar-refractivity contribution in [2.24, 2.45) is 5.73 Å².